The number of piperazine rings is 1. The van der Waals surface area contributed by atoms with Crippen molar-refractivity contribution in [2.45, 2.75) is 0 Å². The second-order valence-corrected chi connectivity index (χ2v) is 7.01. The fraction of sp³-hybridized carbons (Fsp3) is 0.211. The van der Waals surface area contributed by atoms with Crippen molar-refractivity contribution < 1.29 is 4.79 Å². The molecule has 0 aromatic carbocycles. The number of fused-ring (bicyclic) bond motifs is 1. The maximum atomic E-state index is 12.9. The monoisotopic (exact) mass is 419 g/mol. The molecule has 0 unspecified atom stereocenters. The maximum Gasteiger partial charge on any atom is 0.327 e. The van der Waals surface area contributed by atoms with Crippen LogP contribution in [0.3, 0.4) is 0 Å². The van der Waals surface area contributed by atoms with Crippen LogP contribution in [0.2, 0.25) is 0 Å². The molecular formula is C19H17N9O3. The molecule has 0 saturated carbocycles. The largest absolute Gasteiger partial charge is 0.352 e. The van der Waals surface area contributed by atoms with E-state index in [1.54, 1.807) is 22.0 Å². The number of nitrogens with zero attached hydrogens (tertiary/aromatic N) is 7. The molecule has 1 aliphatic heterocycles. The molecule has 5 rings (SSSR count). The number of hydrogen-bond acceptors (Lipinski definition) is 8. The van der Waals surface area contributed by atoms with Crippen LogP contribution in [0.25, 0.3) is 16.9 Å². The number of aromatic nitrogens is 7. The van der Waals surface area contributed by atoms with E-state index in [4.69, 9.17) is 0 Å². The fourth-order valence-corrected chi connectivity index (χ4v) is 3.50. The summed E-state index contributed by atoms with van der Waals surface area (Å²) in [6.07, 6.45) is 4.83. The van der Waals surface area contributed by atoms with Crippen molar-refractivity contribution in [2.75, 3.05) is 31.1 Å². The topological polar surface area (TPSA) is 146 Å². The van der Waals surface area contributed by atoms with Crippen LogP contribution >= 0.6 is 0 Å². The quantitative estimate of drug-likeness (QED) is 0.454. The molecule has 12 heteroatoms. The van der Waals surface area contributed by atoms with E-state index in [0.717, 1.165) is 5.82 Å². The number of H-pyrrole nitrogens is 2. The average Bonchev–Trinajstić information content (AvgIpc) is 3.34. The Bertz CT molecular complexity index is 1350. The van der Waals surface area contributed by atoms with Gasteiger partial charge in [0, 0.05) is 44.8 Å². The highest BCUT2D eigenvalue weighted by atomic mass is 16.2. The lowest BCUT2D eigenvalue weighted by Crippen LogP contribution is -2.49. The fourth-order valence-electron chi connectivity index (χ4n) is 3.50. The second-order valence-electron chi connectivity index (χ2n) is 7.01. The molecule has 0 radical (unpaired) electrons. The minimum atomic E-state index is -0.638. The van der Waals surface area contributed by atoms with Crippen molar-refractivity contribution >= 4 is 22.8 Å². The van der Waals surface area contributed by atoms with Gasteiger partial charge in [-0.2, -0.15) is 5.10 Å². The van der Waals surface area contributed by atoms with Crippen molar-refractivity contribution in [3.63, 3.8) is 0 Å². The van der Waals surface area contributed by atoms with Gasteiger partial charge in [0.2, 0.25) is 0 Å². The summed E-state index contributed by atoms with van der Waals surface area (Å²) in [4.78, 5) is 48.6. The third kappa shape index (κ3) is 3.54. The minimum Gasteiger partial charge on any atom is -0.352 e. The van der Waals surface area contributed by atoms with E-state index < -0.39 is 11.2 Å². The number of nitrogens with one attached hydrogen (secondary N) is 2. The van der Waals surface area contributed by atoms with Crippen LogP contribution < -0.4 is 16.1 Å². The molecule has 5 heterocycles. The second kappa shape index (κ2) is 7.48. The van der Waals surface area contributed by atoms with Gasteiger partial charge in [-0.1, -0.05) is 0 Å². The Labute approximate surface area is 174 Å². The zero-order chi connectivity index (χ0) is 21.4. The first kappa shape index (κ1) is 18.7. The minimum absolute atomic E-state index is 0.146. The van der Waals surface area contributed by atoms with E-state index in [1.165, 1.54) is 12.3 Å². The van der Waals surface area contributed by atoms with Gasteiger partial charge in [0.05, 0.1) is 10.9 Å². The van der Waals surface area contributed by atoms with E-state index in [0.29, 0.717) is 37.6 Å². The first-order chi connectivity index (χ1) is 15.1. The Morgan fingerprint density at radius 2 is 1.77 bits per heavy atom. The molecule has 4 aromatic rings. The van der Waals surface area contributed by atoms with Crippen LogP contribution in [0.15, 0.2) is 52.4 Å². The van der Waals surface area contributed by atoms with Gasteiger partial charge in [0.25, 0.3) is 11.5 Å². The number of aromatic amines is 2. The molecule has 0 bridgehead atoms. The molecule has 31 heavy (non-hydrogen) atoms. The van der Waals surface area contributed by atoms with E-state index in [2.05, 4.69) is 35.1 Å². The normalized spacial score (nSPS) is 14.2. The highest BCUT2D eigenvalue weighted by Gasteiger charge is 2.24. The number of rotatable bonds is 3. The first-order valence-corrected chi connectivity index (χ1v) is 9.59. The molecule has 0 aliphatic carbocycles. The van der Waals surface area contributed by atoms with Gasteiger partial charge >= 0.3 is 5.69 Å². The summed E-state index contributed by atoms with van der Waals surface area (Å²) in [5, 5.41) is 12.8. The molecule has 0 spiro atoms. The lowest BCUT2D eigenvalue weighted by Gasteiger charge is -2.35. The Morgan fingerprint density at radius 1 is 1.00 bits per heavy atom. The Hall–Kier alpha value is -4.35. The average molecular weight is 419 g/mol. The van der Waals surface area contributed by atoms with Gasteiger partial charge in [-0.25, -0.2) is 14.5 Å². The zero-order valence-electron chi connectivity index (χ0n) is 16.2. The van der Waals surface area contributed by atoms with Crippen molar-refractivity contribution in [1.29, 1.82) is 0 Å². The molecule has 2 N–H and O–H groups in total. The van der Waals surface area contributed by atoms with Crippen molar-refractivity contribution in [3.8, 4) is 5.82 Å². The zero-order valence-corrected chi connectivity index (χ0v) is 16.2. The number of anilines is 1. The molecule has 1 amide bonds. The van der Waals surface area contributed by atoms with Crippen molar-refractivity contribution in [3.05, 3.63) is 69.3 Å². The number of pyridine rings is 1. The van der Waals surface area contributed by atoms with E-state index >= 15 is 0 Å². The van der Waals surface area contributed by atoms with Gasteiger partial charge in [-0.3, -0.25) is 19.6 Å². The lowest BCUT2D eigenvalue weighted by molar-refractivity contribution is 0.0746. The smallest absolute Gasteiger partial charge is 0.327 e. The van der Waals surface area contributed by atoms with E-state index in [9.17, 15) is 14.4 Å². The van der Waals surface area contributed by atoms with Gasteiger partial charge < -0.3 is 9.80 Å². The molecule has 0 atom stereocenters. The Kier molecular flexibility index (Phi) is 4.50. The predicted octanol–water partition coefficient (Wildman–Crippen LogP) is -0.451. The molecule has 12 nitrogen and oxygen atoms in total. The highest BCUT2D eigenvalue weighted by molar-refractivity contribution is 5.96. The molecular weight excluding hydrogens is 402 g/mol. The van der Waals surface area contributed by atoms with Gasteiger partial charge in [-0.15, -0.1) is 10.2 Å². The first-order valence-electron chi connectivity index (χ1n) is 9.59. The molecule has 1 saturated heterocycles. The SMILES string of the molecule is O=C(c1cnc2[nH]c(=O)[nH]c(=O)c2c1)N1CCN(c2ccc(-n3cccn3)nn2)CC1. The van der Waals surface area contributed by atoms with Crippen LogP contribution in [-0.4, -0.2) is 71.9 Å². The third-order valence-electron chi connectivity index (χ3n) is 5.10. The van der Waals surface area contributed by atoms with Crippen LogP contribution in [0.1, 0.15) is 10.4 Å². The Morgan fingerprint density at radius 3 is 2.48 bits per heavy atom. The van der Waals surface area contributed by atoms with Gasteiger partial charge in [0.15, 0.2) is 11.6 Å². The van der Waals surface area contributed by atoms with Crippen LogP contribution in [0.5, 0.6) is 0 Å². The van der Waals surface area contributed by atoms with Gasteiger partial charge in [0.1, 0.15) is 5.65 Å². The maximum absolute atomic E-state index is 12.9. The molecule has 4 aromatic heterocycles. The number of amides is 1. The summed E-state index contributed by atoms with van der Waals surface area (Å²) in [6, 6.07) is 6.98. The predicted molar refractivity (Wildman–Crippen MR) is 110 cm³/mol. The number of carbonyl (C=O) groups excluding carboxylic acids is 1. The molecule has 156 valence electrons. The Balaban J connectivity index is 1.28. The van der Waals surface area contributed by atoms with Crippen molar-refractivity contribution in [1.82, 2.24) is 39.8 Å². The molecule has 1 aliphatic rings. The summed E-state index contributed by atoms with van der Waals surface area (Å²) in [5.41, 5.74) is -0.780. The number of hydrogen-bond donors (Lipinski definition) is 2. The summed E-state index contributed by atoms with van der Waals surface area (Å²) >= 11 is 0. The highest BCUT2D eigenvalue weighted by Crippen LogP contribution is 2.16. The summed E-state index contributed by atoms with van der Waals surface area (Å²) < 4.78 is 1.63. The lowest BCUT2D eigenvalue weighted by atomic mass is 10.2. The summed E-state index contributed by atoms with van der Waals surface area (Å²) in [7, 11) is 0. The molecule has 1 fully saturated rings. The van der Waals surface area contributed by atoms with Crippen LogP contribution in [0.4, 0.5) is 5.82 Å². The van der Waals surface area contributed by atoms with Crippen molar-refractivity contribution in [2.24, 2.45) is 0 Å². The standard InChI is InChI=1S/C19H17N9O3/c29-17-13-10-12(11-20-16(13)22-19(31)23-17)18(30)27-8-6-26(7-9-27)14-2-3-15(25-24-14)28-5-1-4-21-28/h1-5,10-11H,6-9H2,(H2,20,22,23,29,31). The van der Waals surface area contributed by atoms with Gasteiger partial charge in [-0.05, 0) is 24.3 Å². The third-order valence-corrected chi connectivity index (χ3v) is 5.10. The van der Waals surface area contributed by atoms with E-state index in [1.807, 2.05) is 18.2 Å². The van der Waals surface area contributed by atoms with Crippen LogP contribution in [0, 0.1) is 0 Å². The number of carbonyl (C=O) groups is 1. The van der Waals surface area contributed by atoms with E-state index in [-0.39, 0.29) is 16.9 Å². The summed E-state index contributed by atoms with van der Waals surface area (Å²) in [6.45, 7) is 2.16. The summed E-state index contributed by atoms with van der Waals surface area (Å²) in [5.74, 6) is 1.13. The van der Waals surface area contributed by atoms with Crippen LogP contribution in [-0.2, 0) is 0 Å².